The Morgan fingerprint density at radius 1 is 0.700 bits per heavy atom. The number of hydrogen-bond acceptors (Lipinski definition) is 2. The zero-order valence-corrected chi connectivity index (χ0v) is 24.3. The van der Waals surface area contributed by atoms with E-state index in [2.05, 4.69) is 25.1 Å². The van der Waals surface area contributed by atoms with Crippen LogP contribution >= 0.6 is 0 Å². The monoisotopic (exact) mass is 550 g/mol. The molecule has 4 fully saturated rings. The van der Waals surface area contributed by atoms with Gasteiger partial charge in [-0.3, -0.25) is 0 Å². The predicted octanol–water partition coefficient (Wildman–Crippen LogP) is 9.72. The van der Waals surface area contributed by atoms with Gasteiger partial charge in [0.25, 0.3) is 0 Å². The summed E-state index contributed by atoms with van der Waals surface area (Å²) in [5, 5.41) is 10.4. The minimum absolute atomic E-state index is 0.0214. The van der Waals surface area contributed by atoms with Gasteiger partial charge in [0.2, 0.25) is 0 Å². The van der Waals surface area contributed by atoms with Gasteiger partial charge in [-0.1, -0.05) is 37.6 Å². The lowest BCUT2D eigenvalue weighted by atomic mass is 9.67. The molecule has 0 spiro atoms. The normalized spacial score (nSPS) is 33.5. The quantitative estimate of drug-likeness (QED) is 0.332. The highest BCUT2D eigenvalue weighted by atomic mass is 19.1. The minimum atomic E-state index is -0.146. The van der Waals surface area contributed by atoms with Crippen LogP contribution in [-0.4, -0.2) is 17.8 Å². The van der Waals surface area contributed by atoms with Crippen LogP contribution in [0.25, 0.3) is 0 Å². The van der Waals surface area contributed by atoms with Crippen LogP contribution in [0.15, 0.2) is 36.4 Å². The van der Waals surface area contributed by atoms with Gasteiger partial charge in [-0.15, -0.1) is 0 Å². The van der Waals surface area contributed by atoms with Gasteiger partial charge in [0.1, 0.15) is 17.7 Å². The van der Waals surface area contributed by atoms with E-state index in [-0.39, 0.29) is 29.8 Å². The summed E-state index contributed by atoms with van der Waals surface area (Å²) in [5.41, 5.74) is 3.83. The second kappa shape index (κ2) is 12.6. The molecule has 1 saturated heterocycles. The summed E-state index contributed by atoms with van der Waals surface area (Å²) in [5.74, 6) is 3.08. The van der Waals surface area contributed by atoms with Crippen molar-refractivity contribution in [1.82, 2.24) is 0 Å². The molecule has 2 nitrogen and oxygen atoms in total. The van der Waals surface area contributed by atoms with E-state index in [1.54, 1.807) is 6.07 Å². The van der Waals surface area contributed by atoms with Crippen molar-refractivity contribution < 1.29 is 18.6 Å². The van der Waals surface area contributed by atoms with Gasteiger partial charge in [-0.05, 0) is 148 Å². The Bertz CT molecular complexity index is 1120. The molecule has 2 aromatic rings. The molecule has 3 aliphatic carbocycles. The molecular formula is C36H48F2O2. The lowest BCUT2D eigenvalue weighted by molar-refractivity contribution is 0.0528. The molecule has 1 heterocycles. The summed E-state index contributed by atoms with van der Waals surface area (Å²) in [6.07, 6.45) is 15.6. The lowest BCUT2D eigenvalue weighted by Gasteiger charge is -2.39. The molecule has 4 heteroatoms. The molecule has 0 amide bonds. The Kier molecular flexibility index (Phi) is 8.94. The molecule has 218 valence electrons. The molecule has 0 radical (unpaired) electrons. The highest BCUT2D eigenvalue weighted by molar-refractivity contribution is 5.32. The van der Waals surface area contributed by atoms with Crippen molar-refractivity contribution in [3.8, 4) is 0 Å². The van der Waals surface area contributed by atoms with Crippen molar-refractivity contribution in [2.75, 3.05) is 6.61 Å². The minimum Gasteiger partial charge on any atom is -0.393 e. The zero-order chi connectivity index (χ0) is 27.6. The van der Waals surface area contributed by atoms with Crippen molar-refractivity contribution in [2.24, 2.45) is 17.8 Å². The number of halogens is 2. The maximum Gasteiger partial charge on any atom is 0.129 e. The van der Waals surface area contributed by atoms with Crippen LogP contribution in [0.3, 0.4) is 0 Å². The lowest BCUT2D eigenvalue weighted by Crippen LogP contribution is -2.30. The molecule has 2 aromatic carbocycles. The van der Waals surface area contributed by atoms with Crippen LogP contribution in [0, 0.1) is 29.4 Å². The third kappa shape index (κ3) is 6.33. The van der Waals surface area contributed by atoms with Crippen LogP contribution in [0.5, 0.6) is 0 Å². The number of epoxide rings is 1. The van der Waals surface area contributed by atoms with Crippen molar-refractivity contribution in [3.05, 3.63) is 70.3 Å². The van der Waals surface area contributed by atoms with E-state index < -0.39 is 0 Å². The highest BCUT2D eigenvalue weighted by Crippen LogP contribution is 2.46. The maximum atomic E-state index is 15.4. The van der Waals surface area contributed by atoms with Crippen molar-refractivity contribution in [3.63, 3.8) is 0 Å². The van der Waals surface area contributed by atoms with Crippen molar-refractivity contribution in [1.29, 1.82) is 0 Å². The SMILES string of the molecule is CCCC(O)C1CCC(C2CCC(c3ccc(C4CCC(c5ccc(C6CO6)c(F)c5)CC4)c(F)c3)CC2)CC1. The fourth-order valence-electron chi connectivity index (χ4n) is 8.61. The van der Waals surface area contributed by atoms with Crippen molar-refractivity contribution >= 4 is 0 Å². The summed E-state index contributed by atoms with van der Waals surface area (Å²) >= 11 is 0. The van der Waals surface area contributed by atoms with Gasteiger partial charge in [-0.2, -0.15) is 0 Å². The van der Waals surface area contributed by atoms with Crippen LogP contribution in [-0.2, 0) is 4.74 Å². The number of aliphatic hydroxyl groups excluding tert-OH is 1. The molecule has 0 aromatic heterocycles. The van der Waals surface area contributed by atoms with Gasteiger partial charge in [0, 0.05) is 5.56 Å². The molecule has 6 rings (SSSR count). The first-order valence-electron chi connectivity index (χ1n) is 16.4. The van der Waals surface area contributed by atoms with E-state index in [4.69, 9.17) is 4.74 Å². The van der Waals surface area contributed by atoms with E-state index in [0.29, 0.717) is 29.9 Å². The fraction of sp³-hybridized carbons (Fsp3) is 0.667. The Labute approximate surface area is 239 Å². The average Bonchev–Trinajstić information content (AvgIpc) is 3.83. The summed E-state index contributed by atoms with van der Waals surface area (Å²) < 4.78 is 35.2. The number of ether oxygens (including phenoxy) is 1. The summed E-state index contributed by atoms with van der Waals surface area (Å²) in [6.45, 7) is 2.79. The van der Waals surface area contributed by atoms with E-state index in [1.165, 1.54) is 56.9 Å². The second-order valence-corrected chi connectivity index (χ2v) is 13.6. The van der Waals surface area contributed by atoms with Gasteiger partial charge in [-0.25, -0.2) is 8.78 Å². The molecule has 1 aliphatic heterocycles. The van der Waals surface area contributed by atoms with Crippen LogP contribution in [0.2, 0.25) is 0 Å². The summed E-state index contributed by atoms with van der Waals surface area (Å²) in [7, 11) is 0. The molecule has 1 N–H and O–H groups in total. The number of benzene rings is 2. The Balaban J connectivity index is 0.986. The topological polar surface area (TPSA) is 32.8 Å². The number of aliphatic hydroxyl groups is 1. The van der Waals surface area contributed by atoms with Gasteiger partial charge in [0.05, 0.1) is 12.7 Å². The standard InChI is InChI=1S/C36H48F2O2/c1-2-3-35(39)28-14-10-24(11-15-28)23-4-6-25(7-5-23)29-16-18-31(33(37)20-29)27-12-8-26(9-13-27)30-17-19-32(34(38)21-30)36-22-40-36/h16-21,23-28,35-36,39H,2-15,22H2,1H3. The highest BCUT2D eigenvalue weighted by Gasteiger charge is 2.34. The number of hydrogen-bond donors (Lipinski definition) is 1. The molecule has 2 atom stereocenters. The van der Waals surface area contributed by atoms with Gasteiger partial charge in [0.15, 0.2) is 0 Å². The first-order valence-corrected chi connectivity index (χ1v) is 16.4. The van der Waals surface area contributed by atoms with Gasteiger partial charge < -0.3 is 9.84 Å². The molecule has 40 heavy (non-hydrogen) atoms. The van der Waals surface area contributed by atoms with Crippen LogP contribution in [0.1, 0.15) is 143 Å². The fourth-order valence-corrected chi connectivity index (χ4v) is 8.61. The third-order valence-corrected chi connectivity index (χ3v) is 11.2. The summed E-state index contributed by atoms with van der Waals surface area (Å²) in [6, 6.07) is 11.8. The van der Waals surface area contributed by atoms with E-state index in [1.807, 2.05) is 12.1 Å². The first kappa shape index (κ1) is 28.3. The summed E-state index contributed by atoms with van der Waals surface area (Å²) in [4.78, 5) is 0. The van der Waals surface area contributed by atoms with Crippen LogP contribution < -0.4 is 0 Å². The smallest absolute Gasteiger partial charge is 0.129 e. The number of rotatable bonds is 8. The van der Waals surface area contributed by atoms with E-state index in [9.17, 15) is 9.50 Å². The Hall–Kier alpha value is -1.78. The Morgan fingerprint density at radius 2 is 1.18 bits per heavy atom. The van der Waals surface area contributed by atoms with E-state index >= 15 is 4.39 Å². The molecule has 3 saturated carbocycles. The van der Waals surface area contributed by atoms with E-state index in [0.717, 1.165) is 61.5 Å². The van der Waals surface area contributed by atoms with Crippen molar-refractivity contribution in [2.45, 2.75) is 127 Å². The largest absolute Gasteiger partial charge is 0.393 e. The first-order chi connectivity index (χ1) is 19.5. The van der Waals surface area contributed by atoms with Gasteiger partial charge >= 0.3 is 0 Å². The maximum absolute atomic E-state index is 15.4. The molecular weight excluding hydrogens is 502 g/mol. The molecule has 0 bridgehead atoms. The Morgan fingerprint density at radius 3 is 1.68 bits per heavy atom. The molecule has 2 unspecified atom stereocenters. The third-order valence-electron chi connectivity index (χ3n) is 11.2. The second-order valence-electron chi connectivity index (χ2n) is 13.6. The molecule has 4 aliphatic rings. The predicted molar refractivity (Wildman–Crippen MR) is 157 cm³/mol. The van der Waals surface area contributed by atoms with Crippen LogP contribution in [0.4, 0.5) is 8.78 Å². The zero-order valence-electron chi connectivity index (χ0n) is 24.3. The average molecular weight is 551 g/mol.